The molecule has 0 N–H and O–H groups in total. The molecule has 0 spiro atoms. The van der Waals surface area contributed by atoms with E-state index in [4.69, 9.17) is 0 Å². The molecule has 0 unspecified atom stereocenters. The lowest BCUT2D eigenvalue weighted by Crippen LogP contribution is -2.28. The van der Waals surface area contributed by atoms with E-state index >= 15 is 0 Å². The quantitative estimate of drug-likeness (QED) is 0.601. The van der Waals surface area contributed by atoms with E-state index in [2.05, 4.69) is 18.7 Å². The smallest absolute Gasteiger partial charge is 0.101 e. The van der Waals surface area contributed by atoms with E-state index in [0.29, 0.717) is 12.5 Å². The van der Waals surface area contributed by atoms with E-state index in [0.717, 1.165) is 19.5 Å². The third-order valence-electron chi connectivity index (χ3n) is 2.95. The molecular formula is C11H16FN. The SMILES string of the molecule is CC(C)N1CC2=C(CCC(F)=C2)C1. The van der Waals surface area contributed by atoms with Gasteiger partial charge in [-0.1, -0.05) is 5.57 Å². The summed E-state index contributed by atoms with van der Waals surface area (Å²) < 4.78 is 13.0. The van der Waals surface area contributed by atoms with Crippen LogP contribution in [0.2, 0.25) is 0 Å². The number of allylic oxidation sites excluding steroid dienone is 1. The van der Waals surface area contributed by atoms with Crippen molar-refractivity contribution in [3.8, 4) is 0 Å². The molecule has 2 aliphatic rings. The molecule has 1 aliphatic heterocycles. The molecule has 0 saturated carbocycles. The second-order valence-electron chi connectivity index (χ2n) is 4.22. The van der Waals surface area contributed by atoms with E-state index in [1.807, 2.05) is 0 Å². The fourth-order valence-electron chi connectivity index (χ4n) is 2.02. The van der Waals surface area contributed by atoms with E-state index in [1.54, 1.807) is 6.08 Å². The van der Waals surface area contributed by atoms with Crippen molar-refractivity contribution in [1.82, 2.24) is 4.90 Å². The molecule has 0 radical (unpaired) electrons. The molecule has 1 aliphatic carbocycles. The Hall–Kier alpha value is -0.630. The highest BCUT2D eigenvalue weighted by Crippen LogP contribution is 2.31. The molecule has 1 heterocycles. The fraction of sp³-hybridized carbons (Fsp3) is 0.636. The molecule has 13 heavy (non-hydrogen) atoms. The summed E-state index contributed by atoms with van der Waals surface area (Å²) >= 11 is 0. The van der Waals surface area contributed by atoms with Crippen LogP contribution in [0.15, 0.2) is 23.0 Å². The topological polar surface area (TPSA) is 3.24 Å². The molecule has 2 heteroatoms. The van der Waals surface area contributed by atoms with Crippen LogP contribution >= 0.6 is 0 Å². The Bertz CT molecular complexity index is 276. The fourth-order valence-corrected chi connectivity index (χ4v) is 2.02. The number of hydrogen-bond donors (Lipinski definition) is 0. The molecule has 0 aromatic carbocycles. The van der Waals surface area contributed by atoms with Crippen LogP contribution in [0.25, 0.3) is 0 Å². The van der Waals surface area contributed by atoms with Crippen molar-refractivity contribution in [2.45, 2.75) is 32.7 Å². The first-order valence-electron chi connectivity index (χ1n) is 4.98. The van der Waals surface area contributed by atoms with E-state index in [1.165, 1.54) is 11.1 Å². The van der Waals surface area contributed by atoms with Gasteiger partial charge >= 0.3 is 0 Å². The maximum atomic E-state index is 13.0. The van der Waals surface area contributed by atoms with Crippen LogP contribution in [0.4, 0.5) is 4.39 Å². The number of rotatable bonds is 1. The van der Waals surface area contributed by atoms with Gasteiger partial charge in [0.05, 0.1) is 0 Å². The van der Waals surface area contributed by atoms with Crippen molar-refractivity contribution in [1.29, 1.82) is 0 Å². The summed E-state index contributed by atoms with van der Waals surface area (Å²) in [7, 11) is 0. The second kappa shape index (κ2) is 3.26. The molecule has 0 atom stereocenters. The molecule has 0 fully saturated rings. The van der Waals surface area contributed by atoms with Crippen LogP contribution in [0, 0.1) is 0 Å². The number of nitrogens with zero attached hydrogens (tertiary/aromatic N) is 1. The maximum absolute atomic E-state index is 13.0. The molecule has 72 valence electrons. The summed E-state index contributed by atoms with van der Waals surface area (Å²) in [5, 5.41) is 0. The molecule has 0 aromatic heterocycles. The van der Waals surface area contributed by atoms with Crippen molar-refractivity contribution in [2.24, 2.45) is 0 Å². The maximum Gasteiger partial charge on any atom is 0.101 e. The molecule has 0 saturated heterocycles. The summed E-state index contributed by atoms with van der Waals surface area (Å²) in [6.45, 7) is 6.38. The standard InChI is InChI=1S/C11H16FN/c1-8(2)13-6-9-3-4-11(12)5-10(9)7-13/h5,8H,3-4,6-7H2,1-2H3. The van der Waals surface area contributed by atoms with Crippen LogP contribution in [-0.4, -0.2) is 24.0 Å². The van der Waals surface area contributed by atoms with Crippen molar-refractivity contribution in [3.05, 3.63) is 23.0 Å². The predicted octanol–water partition coefficient (Wildman–Crippen LogP) is 2.65. The van der Waals surface area contributed by atoms with Crippen molar-refractivity contribution < 1.29 is 4.39 Å². The van der Waals surface area contributed by atoms with E-state index in [-0.39, 0.29) is 5.83 Å². The van der Waals surface area contributed by atoms with Crippen molar-refractivity contribution >= 4 is 0 Å². The Balaban J connectivity index is 2.11. The zero-order valence-electron chi connectivity index (χ0n) is 8.31. The van der Waals surface area contributed by atoms with Gasteiger partial charge in [-0.25, -0.2) is 4.39 Å². The molecular weight excluding hydrogens is 165 g/mol. The van der Waals surface area contributed by atoms with Crippen molar-refractivity contribution in [2.75, 3.05) is 13.1 Å². The zero-order valence-corrected chi connectivity index (χ0v) is 8.31. The first-order chi connectivity index (χ1) is 6.16. The van der Waals surface area contributed by atoms with Crippen LogP contribution in [-0.2, 0) is 0 Å². The molecule has 2 rings (SSSR count). The monoisotopic (exact) mass is 181 g/mol. The van der Waals surface area contributed by atoms with Gasteiger partial charge in [-0.15, -0.1) is 0 Å². The third kappa shape index (κ3) is 1.68. The number of halogens is 1. The first-order valence-corrected chi connectivity index (χ1v) is 4.98. The normalized spacial score (nSPS) is 23.8. The zero-order chi connectivity index (χ0) is 9.42. The summed E-state index contributed by atoms with van der Waals surface area (Å²) in [4.78, 5) is 2.39. The summed E-state index contributed by atoms with van der Waals surface area (Å²) in [5.74, 6) is 0.0596. The van der Waals surface area contributed by atoms with Crippen LogP contribution in [0.1, 0.15) is 26.7 Å². The average Bonchev–Trinajstić information content (AvgIpc) is 2.46. The lowest BCUT2D eigenvalue weighted by atomic mass is 10.00. The Labute approximate surface area is 78.9 Å². The molecule has 0 bridgehead atoms. The Kier molecular flexibility index (Phi) is 2.24. The van der Waals surface area contributed by atoms with Gasteiger partial charge in [0, 0.05) is 25.6 Å². The van der Waals surface area contributed by atoms with Gasteiger partial charge in [-0.3, -0.25) is 4.90 Å². The summed E-state index contributed by atoms with van der Waals surface area (Å²) in [5.41, 5.74) is 2.69. The second-order valence-corrected chi connectivity index (χ2v) is 4.22. The third-order valence-corrected chi connectivity index (χ3v) is 2.95. The number of hydrogen-bond acceptors (Lipinski definition) is 1. The molecule has 1 nitrogen and oxygen atoms in total. The predicted molar refractivity (Wildman–Crippen MR) is 52.2 cm³/mol. The highest BCUT2D eigenvalue weighted by atomic mass is 19.1. The van der Waals surface area contributed by atoms with Crippen LogP contribution < -0.4 is 0 Å². The van der Waals surface area contributed by atoms with Crippen LogP contribution in [0.3, 0.4) is 0 Å². The highest BCUT2D eigenvalue weighted by Gasteiger charge is 2.25. The largest absolute Gasteiger partial charge is 0.293 e. The minimum absolute atomic E-state index is 0.0596. The summed E-state index contributed by atoms with van der Waals surface area (Å²) in [6.07, 6.45) is 3.28. The van der Waals surface area contributed by atoms with Crippen molar-refractivity contribution in [3.63, 3.8) is 0 Å². The van der Waals surface area contributed by atoms with E-state index < -0.39 is 0 Å². The van der Waals surface area contributed by atoms with Gasteiger partial charge in [-0.05, 0) is 31.9 Å². The van der Waals surface area contributed by atoms with Gasteiger partial charge in [0.1, 0.15) is 5.83 Å². The Morgan fingerprint density at radius 2 is 2.08 bits per heavy atom. The Morgan fingerprint density at radius 3 is 2.77 bits per heavy atom. The van der Waals surface area contributed by atoms with E-state index in [9.17, 15) is 4.39 Å². The molecule has 0 aromatic rings. The van der Waals surface area contributed by atoms with Gasteiger partial charge in [0.15, 0.2) is 0 Å². The Morgan fingerprint density at radius 1 is 1.31 bits per heavy atom. The highest BCUT2D eigenvalue weighted by molar-refractivity contribution is 5.37. The lowest BCUT2D eigenvalue weighted by molar-refractivity contribution is 0.281. The van der Waals surface area contributed by atoms with Crippen LogP contribution in [0.5, 0.6) is 0 Å². The minimum Gasteiger partial charge on any atom is -0.293 e. The van der Waals surface area contributed by atoms with Gasteiger partial charge in [0.25, 0.3) is 0 Å². The summed E-state index contributed by atoms with van der Waals surface area (Å²) in [6, 6.07) is 0.571. The first kappa shape index (κ1) is 8.95. The average molecular weight is 181 g/mol. The van der Waals surface area contributed by atoms with Gasteiger partial charge in [-0.2, -0.15) is 0 Å². The van der Waals surface area contributed by atoms with Gasteiger partial charge < -0.3 is 0 Å². The van der Waals surface area contributed by atoms with Gasteiger partial charge in [0.2, 0.25) is 0 Å². The molecule has 0 amide bonds. The minimum atomic E-state index is 0.0596. The lowest BCUT2D eigenvalue weighted by Gasteiger charge is -2.20.